The quantitative estimate of drug-likeness (QED) is 0.661. The van der Waals surface area contributed by atoms with Crippen LogP contribution in [0.5, 0.6) is 0 Å². The molecule has 13 heavy (non-hydrogen) atoms. The van der Waals surface area contributed by atoms with Crippen molar-refractivity contribution >= 4 is 5.97 Å². The number of carbonyl (C=O) groups is 1. The summed E-state index contributed by atoms with van der Waals surface area (Å²) in [4.78, 5) is 12.6. The molecule has 0 rings (SSSR count). The fraction of sp³-hybridized carbons (Fsp3) is 0.700. The van der Waals surface area contributed by atoms with Crippen molar-refractivity contribution in [3.05, 3.63) is 11.6 Å². The fourth-order valence-electron chi connectivity index (χ4n) is 1.08. The molecule has 0 unspecified atom stereocenters. The van der Waals surface area contributed by atoms with Crippen LogP contribution in [-0.4, -0.2) is 36.1 Å². The van der Waals surface area contributed by atoms with Gasteiger partial charge in [-0.15, -0.1) is 0 Å². The predicted octanol–water partition coefficient (Wildman–Crippen LogP) is 1.61. The third-order valence-electron chi connectivity index (χ3n) is 1.72. The van der Waals surface area contributed by atoms with E-state index in [1.165, 1.54) is 0 Å². The monoisotopic (exact) mass is 185 g/mol. The van der Waals surface area contributed by atoms with Crippen molar-refractivity contribution in [2.75, 3.05) is 20.1 Å². The second-order valence-corrected chi connectivity index (χ2v) is 3.81. The van der Waals surface area contributed by atoms with Crippen LogP contribution in [0.2, 0.25) is 0 Å². The Bertz CT molecular complexity index is 197. The molecular weight excluding hydrogens is 166 g/mol. The molecule has 0 fully saturated rings. The van der Waals surface area contributed by atoms with E-state index in [0.717, 1.165) is 6.54 Å². The Morgan fingerprint density at radius 3 is 2.46 bits per heavy atom. The van der Waals surface area contributed by atoms with Gasteiger partial charge in [-0.05, 0) is 19.9 Å². The van der Waals surface area contributed by atoms with Crippen LogP contribution in [0, 0.1) is 5.92 Å². The minimum absolute atomic E-state index is 0.413. The van der Waals surface area contributed by atoms with Crippen molar-refractivity contribution in [3.8, 4) is 0 Å². The summed E-state index contributed by atoms with van der Waals surface area (Å²) in [6.45, 7) is 7.60. The van der Waals surface area contributed by atoms with Crippen LogP contribution in [0.1, 0.15) is 20.8 Å². The van der Waals surface area contributed by atoms with Gasteiger partial charge in [-0.1, -0.05) is 19.9 Å². The molecular formula is C10H19NO2. The molecule has 0 bridgehead atoms. The summed E-state index contributed by atoms with van der Waals surface area (Å²) in [5.41, 5.74) is 0.413. The lowest BCUT2D eigenvalue weighted by atomic mass is 10.2. The molecule has 0 saturated heterocycles. The topological polar surface area (TPSA) is 40.5 Å². The van der Waals surface area contributed by atoms with Gasteiger partial charge in [-0.25, -0.2) is 4.79 Å². The van der Waals surface area contributed by atoms with Gasteiger partial charge < -0.3 is 10.0 Å². The highest BCUT2D eigenvalue weighted by atomic mass is 16.4. The Labute approximate surface area is 80.0 Å². The first-order chi connectivity index (χ1) is 5.93. The van der Waals surface area contributed by atoms with Gasteiger partial charge >= 0.3 is 5.97 Å². The third kappa shape index (κ3) is 6.34. The zero-order chi connectivity index (χ0) is 10.4. The third-order valence-corrected chi connectivity index (χ3v) is 1.72. The van der Waals surface area contributed by atoms with Crippen LogP contribution in [0.15, 0.2) is 11.6 Å². The molecule has 0 radical (unpaired) electrons. The molecule has 0 saturated carbocycles. The summed E-state index contributed by atoms with van der Waals surface area (Å²) in [7, 11) is 1.99. The molecule has 1 N–H and O–H groups in total. The van der Waals surface area contributed by atoms with Crippen molar-refractivity contribution in [1.29, 1.82) is 0 Å². The molecule has 76 valence electrons. The van der Waals surface area contributed by atoms with Crippen molar-refractivity contribution in [3.63, 3.8) is 0 Å². The zero-order valence-corrected chi connectivity index (χ0v) is 8.87. The highest BCUT2D eigenvalue weighted by Crippen LogP contribution is 1.98. The van der Waals surface area contributed by atoms with E-state index < -0.39 is 5.97 Å². The second-order valence-electron chi connectivity index (χ2n) is 3.81. The predicted molar refractivity (Wildman–Crippen MR) is 53.7 cm³/mol. The van der Waals surface area contributed by atoms with Crippen molar-refractivity contribution in [1.82, 2.24) is 4.90 Å². The summed E-state index contributed by atoms with van der Waals surface area (Å²) in [5.74, 6) is -0.221. The molecule has 0 aliphatic rings. The standard InChI is InChI=1S/C10H19NO2/c1-8(2)7-11(4)6-5-9(3)10(12)13/h5,8H,6-7H2,1-4H3,(H,12,13). The van der Waals surface area contributed by atoms with Crippen molar-refractivity contribution in [2.24, 2.45) is 5.92 Å². The molecule has 0 heterocycles. The maximum absolute atomic E-state index is 10.4. The number of nitrogens with zero attached hydrogens (tertiary/aromatic N) is 1. The smallest absolute Gasteiger partial charge is 0.330 e. The SMILES string of the molecule is CC(=CCN(C)CC(C)C)C(=O)O. The lowest BCUT2D eigenvalue weighted by Crippen LogP contribution is -2.23. The van der Waals surface area contributed by atoms with Crippen LogP contribution in [0.3, 0.4) is 0 Å². The second kappa shape index (κ2) is 5.75. The Balaban J connectivity index is 3.87. The molecule has 0 aromatic rings. The summed E-state index contributed by atoms with van der Waals surface area (Å²) in [5, 5.41) is 8.59. The minimum atomic E-state index is -0.835. The van der Waals surface area contributed by atoms with Gasteiger partial charge in [0.1, 0.15) is 0 Å². The highest BCUT2D eigenvalue weighted by Gasteiger charge is 2.02. The van der Waals surface area contributed by atoms with E-state index in [0.29, 0.717) is 18.0 Å². The first-order valence-corrected chi connectivity index (χ1v) is 4.52. The van der Waals surface area contributed by atoms with Gasteiger partial charge in [0.2, 0.25) is 0 Å². The van der Waals surface area contributed by atoms with E-state index >= 15 is 0 Å². The van der Waals surface area contributed by atoms with E-state index in [-0.39, 0.29) is 0 Å². The van der Waals surface area contributed by atoms with E-state index in [1.54, 1.807) is 13.0 Å². The van der Waals surface area contributed by atoms with Crippen molar-refractivity contribution in [2.45, 2.75) is 20.8 Å². The molecule has 0 spiro atoms. The number of aliphatic carboxylic acids is 1. The number of carboxylic acid groups (broad SMARTS) is 1. The fourth-order valence-corrected chi connectivity index (χ4v) is 1.08. The van der Waals surface area contributed by atoms with Crippen LogP contribution in [-0.2, 0) is 4.79 Å². The summed E-state index contributed by atoms with van der Waals surface area (Å²) in [6.07, 6.45) is 1.74. The van der Waals surface area contributed by atoms with Crippen LogP contribution >= 0.6 is 0 Å². The maximum atomic E-state index is 10.4. The van der Waals surface area contributed by atoms with Crippen LogP contribution in [0.25, 0.3) is 0 Å². The van der Waals surface area contributed by atoms with Crippen LogP contribution in [0.4, 0.5) is 0 Å². The molecule has 0 aromatic heterocycles. The average molecular weight is 185 g/mol. The number of carboxylic acids is 1. The average Bonchev–Trinajstić information content (AvgIpc) is 1.98. The lowest BCUT2D eigenvalue weighted by Gasteiger charge is -2.16. The molecule has 0 aromatic carbocycles. The molecule has 0 atom stereocenters. The van der Waals surface area contributed by atoms with Gasteiger partial charge in [0.15, 0.2) is 0 Å². The number of likely N-dealkylation sites (N-methyl/N-ethyl adjacent to an activating group) is 1. The van der Waals surface area contributed by atoms with Crippen LogP contribution < -0.4 is 0 Å². The van der Waals surface area contributed by atoms with Gasteiger partial charge in [0.25, 0.3) is 0 Å². The van der Waals surface area contributed by atoms with E-state index in [2.05, 4.69) is 18.7 Å². The first-order valence-electron chi connectivity index (χ1n) is 4.52. The Kier molecular flexibility index (Phi) is 5.39. The highest BCUT2D eigenvalue weighted by molar-refractivity contribution is 5.85. The Morgan fingerprint density at radius 2 is 2.08 bits per heavy atom. The number of hydrogen-bond donors (Lipinski definition) is 1. The van der Waals surface area contributed by atoms with E-state index in [4.69, 9.17) is 5.11 Å². The molecule has 3 heteroatoms. The van der Waals surface area contributed by atoms with E-state index in [1.807, 2.05) is 7.05 Å². The minimum Gasteiger partial charge on any atom is -0.478 e. The number of rotatable bonds is 5. The lowest BCUT2D eigenvalue weighted by molar-refractivity contribution is -0.132. The van der Waals surface area contributed by atoms with Gasteiger partial charge in [0.05, 0.1) is 0 Å². The Hall–Kier alpha value is -0.830. The Morgan fingerprint density at radius 1 is 1.54 bits per heavy atom. The molecule has 0 aliphatic carbocycles. The number of hydrogen-bond acceptors (Lipinski definition) is 2. The van der Waals surface area contributed by atoms with Gasteiger partial charge in [-0.2, -0.15) is 0 Å². The summed E-state index contributed by atoms with van der Waals surface area (Å²) >= 11 is 0. The summed E-state index contributed by atoms with van der Waals surface area (Å²) < 4.78 is 0. The molecule has 3 nitrogen and oxygen atoms in total. The molecule has 0 aliphatic heterocycles. The zero-order valence-electron chi connectivity index (χ0n) is 8.87. The first kappa shape index (κ1) is 12.2. The van der Waals surface area contributed by atoms with Crippen molar-refractivity contribution < 1.29 is 9.90 Å². The maximum Gasteiger partial charge on any atom is 0.330 e. The largest absolute Gasteiger partial charge is 0.478 e. The van der Waals surface area contributed by atoms with Gasteiger partial charge in [-0.3, -0.25) is 0 Å². The van der Waals surface area contributed by atoms with Gasteiger partial charge in [0, 0.05) is 18.7 Å². The van der Waals surface area contributed by atoms with E-state index in [9.17, 15) is 4.79 Å². The summed E-state index contributed by atoms with van der Waals surface area (Å²) in [6, 6.07) is 0. The molecule has 0 amide bonds. The normalized spacial score (nSPS) is 12.6.